The number of likely N-dealkylation sites (N-methyl/N-ethyl adjacent to an activating group) is 2. The Morgan fingerprint density at radius 1 is 1.04 bits per heavy atom. The fourth-order valence-corrected chi connectivity index (χ4v) is 5.66. The van der Waals surface area contributed by atoms with Gasteiger partial charge in [0.15, 0.2) is 0 Å². The first-order valence-electron chi connectivity index (χ1n) is 16.1. The van der Waals surface area contributed by atoms with Crippen LogP contribution >= 0.6 is 9.24 Å². The minimum absolute atomic E-state index is 0.133. The molecule has 1 aliphatic carbocycles. The number of hydrogen-bond acceptors (Lipinski definition) is 7. The smallest absolute Gasteiger partial charge is 0.248 e. The number of nitrogens with zero attached hydrogens (tertiary/aromatic N) is 2. The molecule has 1 aromatic heterocycles. The number of pyridine rings is 1. The summed E-state index contributed by atoms with van der Waals surface area (Å²) in [5, 5.41) is 12.1. The van der Waals surface area contributed by atoms with E-state index in [-0.39, 0.29) is 17.7 Å². The number of amides is 2. The Morgan fingerprint density at radius 2 is 1.74 bits per heavy atom. The molecule has 2 atom stereocenters. The van der Waals surface area contributed by atoms with Gasteiger partial charge in [-0.2, -0.15) is 0 Å². The van der Waals surface area contributed by atoms with Crippen molar-refractivity contribution in [1.82, 2.24) is 15.2 Å². The number of aryl methyl sites for hydroxylation is 1. The number of nitrogens with one attached hydrogen (secondary N) is 2. The van der Waals surface area contributed by atoms with Gasteiger partial charge in [0, 0.05) is 41.3 Å². The van der Waals surface area contributed by atoms with Gasteiger partial charge in [0.1, 0.15) is 5.75 Å². The first kappa shape index (κ1) is 38.4. The number of nitrogens with two attached hydrogens (primary N) is 2. The number of ether oxygens (including phenoxy) is 1. The summed E-state index contributed by atoms with van der Waals surface area (Å²) in [5.74, 6) is 1.59. The van der Waals surface area contributed by atoms with Crippen molar-refractivity contribution in [2.24, 2.45) is 11.7 Å². The summed E-state index contributed by atoms with van der Waals surface area (Å²) >= 11 is 0. The van der Waals surface area contributed by atoms with Crippen LogP contribution in [-0.4, -0.2) is 60.7 Å². The first-order valence-corrected chi connectivity index (χ1v) is 16.6. The predicted molar refractivity (Wildman–Crippen MR) is 193 cm³/mol. The minimum atomic E-state index is -0.542. The van der Waals surface area contributed by atoms with Crippen LogP contribution in [0.4, 0.5) is 5.69 Å². The second-order valence-corrected chi connectivity index (χ2v) is 12.3. The van der Waals surface area contributed by atoms with Crippen molar-refractivity contribution in [2.45, 2.75) is 71.8 Å². The number of primary amides is 1. The molecule has 0 spiro atoms. The van der Waals surface area contributed by atoms with Crippen molar-refractivity contribution in [2.75, 3.05) is 33.0 Å². The molecule has 46 heavy (non-hydrogen) atoms. The molecule has 9 nitrogen and oxygen atoms in total. The molecule has 2 amide bonds. The number of methoxy groups -OCH3 is 1. The van der Waals surface area contributed by atoms with Crippen LogP contribution in [-0.2, 0) is 4.79 Å². The Hall–Kier alpha value is -3.81. The molecule has 10 heteroatoms. The van der Waals surface area contributed by atoms with E-state index in [1.165, 1.54) is 44.6 Å². The number of piperidine rings is 1. The van der Waals surface area contributed by atoms with Crippen LogP contribution in [0.2, 0.25) is 0 Å². The van der Waals surface area contributed by atoms with E-state index in [1.54, 1.807) is 44.6 Å². The van der Waals surface area contributed by atoms with Crippen LogP contribution < -0.4 is 26.8 Å². The fourth-order valence-electron chi connectivity index (χ4n) is 5.39. The highest BCUT2D eigenvalue weighted by Gasteiger charge is 2.26. The van der Waals surface area contributed by atoms with Gasteiger partial charge in [-0.3, -0.25) is 24.9 Å². The molecular weight excluding hydrogens is 595 g/mol. The molecule has 2 aliphatic rings. The summed E-state index contributed by atoms with van der Waals surface area (Å²) in [5.41, 5.74) is 14.1. The summed E-state index contributed by atoms with van der Waals surface area (Å²) < 4.78 is 4.98. The van der Waals surface area contributed by atoms with Crippen LogP contribution in [0.5, 0.6) is 5.75 Å². The van der Waals surface area contributed by atoms with Gasteiger partial charge in [0.25, 0.3) is 0 Å². The number of anilines is 1. The molecule has 6 N–H and O–H groups in total. The molecule has 1 aliphatic heterocycles. The summed E-state index contributed by atoms with van der Waals surface area (Å²) in [6, 6.07) is 16.2. The maximum atomic E-state index is 11.4. The summed E-state index contributed by atoms with van der Waals surface area (Å²) in [7, 11) is 5.99. The first-order chi connectivity index (χ1) is 22.0. The van der Waals surface area contributed by atoms with Gasteiger partial charge in [-0.15, -0.1) is 9.24 Å². The zero-order chi connectivity index (χ0) is 34.1. The standard InChI is InChI=1S/C14H14N4O.C9H18N2O.C7H9OP.C6H12/c1-8-6-9(4-5-18-8)13(16)11-7-10(14(17)19)2-3-12(11)15;1-3-11-7-5-4-6-8(11)9(12)10-2;1-8-6-3-2-4-7(9)5-6;1-6-4-2-3-5-6/h2-7,16H,15H2,1H3,(H2,17,19);8H,3-7H2,1-2H3,(H,10,12);2-5H,9H2,1H3;6H,2-5H2,1H3/t;8-;;/m.0../s1. The van der Waals surface area contributed by atoms with Gasteiger partial charge < -0.3 is 21.5 Å². The third-order valence-electron chi connectivity index (χ3n) is 8.10. The van der Waals surface area contributed by atoms with Crippen LogP contribution in [0.1, 0.15) is 86.0 Å². The summed E-state index contributed by atoms with van der Waals surface area (Å²) in [4.78, 5) is 28.9. The van der Waals surface area contributed by atoms with E-state index in [0.29, 0.717) is 22.4 Å². The molecule has 250 valence electrons. The Morgan fingerprint density at radius 3 is 2.26 bits per heavy atom. The third kappa shape index (κ3) is 12.9. The SMILES string of the molecule is CC1CCCC1.CCN1CCCC[C@H]1C(=O)NC.COc1cccc(P)c1.Cc1cc(C(=N)c2cc(C(N)=O)ccc2N)ccn1. The summed E-state index contributed by atoms with van der Waals surface area (Å²) in [6.07, 6.45) is 11.0. The number of benzene rings is 2. The molecule has 1 unspecified atom stereocenters. The van der Waals surface area contributed by atoms with Crippen molar-refractivity contribution in [1.29, 1.82) is 5.41 Å². The molecule has 1 saturated carbocycles. The largest absolute Gasteiger partial charge is 0.497 e. The second-order valence-electron chi connectivity index (χ2n) is 11.6. The van der Waals surface area contributed by atoms with Crippen molar-refractivity contribution in [3.05, 3.63) is 83.2 Å². The zero-order valence-corrected chi connectivity index (χ0v) is 29.3. The molecule has 2 fully saturated rings. The van der Waals surface area contributed by atoms with Crippen molar-refractivity contribution in [3.8, 4) is 5.75 Å². The maximum absolute atomic E-state index is 11.4. The van der Waals surface area contributed by atoms with Gasteiger partial charge >= 0.3 is 0 Å². The number of aromatic nitrogens is 1. The van der Waals surface area contributed by atoms with E-state index in [0.717, 1.165) is 42.2 Å². The number of carbonyl (C=O) groups excluding carboxylic acids is 2. The van der Waals surface area contributed by atoms with Crippen LogP contribution in [0.3, 0.4) is 0 Å². The molecular formula is C36H53N6O3P. The number of nitrogen functional groups attached to an aromatic ring is 1. The molecule has 2 heterocycles. The van der Waals surface area contributed by atoms with Crippen molar-refractivity contribution in [3.63, 3.8) is 0 Å². The van der Waals surface area contributed by atoms with Crippen LogP contribution in [0, 0.1) is 18.3 Å². The molecule has 0 bridgehead atoms. The van der Waals surface area contributed by atoms with Gasteiger partial charge in [-0.05, 0) is 86.5 Å². The lowest BCUT2D eigenvalue weighted by atomic mass is 9.99. The number of rotatable bonds is 6. The monoisotopic (exact) mass is 648 g/mol. The highest BCUT2D eigenvalue weighted by molar-refractivity contribution is 7.27. The van der Waals surface area contributed by atoms with Crippen LogP contribution in [0.25, 0.3) is 0 Å². The highest BCUT2D eigenvalue weighted by Crippen LogP contribution is 2.23. The van der Waals surface area contributed by atoms with E-state index >= 15 is 0 Å². The van der Waals surface area contributed by atoms with E-state index in [2.05, 4.69) is 38.3 Å². The number of likely N-dealkylation sites (tertiary alicyclic amines) is 1. The zero-order valence-electron chi connectivity index (χ0n) is 28.1. The average molecular weight is 649 g/mol. The number of carbonyl (C=O) groups is 2. The molecule has 3 aromatic rings. The topological polar surface area (TPSA) is 147 Å². The van der Waals surface area contributed by atoms with Gasteiger partial charge in [0.2, 0.25) is 11.8 Å². The predicted octanol–water partition coefficient (Wildman–Crippen LogP) is 5.49. The molecule has 2 aromatic carbocycles. The Bertz CT molecular complexity index is 1410. The number of hydrogen-bond donors (Lipinski definition) is 4. The second kappa shape index (κ2) is 20.3. The van der Waals surface area contributed by atoms with E-state index in [9.17, 15) is 9.59 Å². The van der Waals surface area contributed by atoms with E-state index < -0.39 is 5.91 Å². The van der Waals surface area contributed by atoms with E-state index in [1.807, 2.05) is 31.2 Å². The van der Waals surface area contributed by atoms with Crippen molar-refractivity contribution < 1.29 is 14.3 Å². The quantitative estimate of drug-likeness (QED) is 0.158. The average Bonchev–Trinajstić information content (AvgIpc) is 3.55. The Kier molecular flexibility index (Phi) is 17.0. The maximum Gasteiger partial charge on any atom is 0.248 e. The summed E-state index contributed by atoms with van der Waals surface area (Å²) in [6.45, 7) is 8.36. The van der Waals surface area contributed by atoms with Crippen LogP contribution in [0.15, 0.2) is 60.8 Å². The minimum Gasteiger partial charge on any atom is -0.497 e. The molecule has 0 radical (unpaired) electrons. The normalized spacial score (nSPS) is 15.9. The highest BCUT2D eigenvalue weighted by atomic mass is 31.0. The van der Waals surface area contributed by atoms with E-state index in [4.69, 9.17) is 21.6 Å². The third-order valence-corrected chi connectivity index (χ3v) is 8.46. The lowest BCUT2D eigenvalue weighted by Gasteiger charge is -2.33. The van der Waals surface area contributed by atoms with Gasteiger partial charge in [-0.25, -0.2) is 0 Å². The fraction of sp³-hybridized carbons (Fsp3) is 0.444. The lowest BCUT2D eigenvalue weighted by Crippen LogP contribution is -2.48. The molecule has 5 rings (SSSR count). The Labute approximate surface area is 277 Å². The Balaban J connectivity index is 0.000000233. The lowest BCUT2D eigenvalue weighted by molar-refractivity contribution is -0.127. The van der Waals surface area contributed by atoms with Gasteiger partial charge in [0.05, 0.1) is 18.9 Å². The van der Waals surface area contributed by atoms with Crippen molar-refractivity contribution >= 4 is 37.8 Å². The van der Waals surface area contributed by atoms with Gasteiger partial charge in [-0.1, -0.05) is 58.1 Å². The molecule has 1 saturated heterocycles.